The van der Waals surface area contributed by atoms with Crippen molar-refractivity contribution in [2.24, 2.45) is 5.73 Å². The lowest BCUT2D eigenvalue weighted by Gasteiger charge is -2.32. The fraction of sp³-hybridized carbons (Fsp3) is 0.429. The van der Waals surface area contributed by atoms with Crippen LogP contribution in [0.25, 0.3) is 0 Å². The van der Waals surface area contributed by atoms with E-state index in [0.29, 0.717) is 36.8 Å². The molecule has 2 N–H and O–H groups in total. The van der Waals surface area contributed by atoms with E-state index in [2.05, 4.69) is 0 Å². The number of nitrogens with zero attached hydrogens (tertiary/aromatic N) is 1. The molecular weight excluding hydrogens is 292 g/mol. The Kier molecular flexibility index (Phi) is 4.98. The average Bonchev–Trinajstić information content (AvgIpc) is 2.53. The number of morpholine rings is 1. The maximum Gasteiger partial charge on any atom is 0.261 e. The van der Waals surface area contributed by atoms with Gasteiger partial charge in [0, 0.05) is 6.54 Å². The van der Waals surface area contributed by atoms with Crippen LogP contribution in [0.3, 0.4) is 0 Å². The van der Waals surface area contributed by atoms with Crippen molar-refractivity contribution in [1.29, 1.82) is 0 Å². The summed E-state index contributed by atoms with van der Waals surface area (Å²) in [7, 11) is 3.03. The number of hydrogen-bond donors (Lipinski definition) is 1. The molecule has 0 radical (unpaired) electrons. The third-order valence-electron chi connectivity index (χ3n) is 3.31. The minimum absolute atomic E-state index is 0.186. The molecule has 0 spiro atoms. The molecule has 1 amide bonds. The molecule has 1 heterocycles. The maximum atomic E-state index is 12.8. The largest absolute Gasteiger partial charge is 0.496 e. The van der Waals surface area contributed by atoms with Gasteiger partial charge in [-0.3, -0.25) is 4.79 Å². The number of thiocarbonyl (C=S) groups is 1. The van der Waals surface area contributed by atoms with Crippen molar-refractivity contribution in [3.05, 3.63) is 23.8 Å². The Hall–Kier alpha value is -1.86. The molecule has 0 bridgehead atoms. The van der Waals surface area contributed by atoms with E-state index in [1.807, 2.05) is 0 Å². The number of methoxy groups -OCH3 is 2. The van der Waals surface area contributed by atoms with Gasteiger partial charge in [-0.05, 0) is 12.1 Å². The van der Waals surface area contributed by atoms with E-state index >= 15 is 0 Å². The summed E-state index contributed by atoms with van der Waals surface area (Å²) in [6.07, 6.45) is -0.418. The Morgan fingerprint density at radius 1 is 1.38 bits per heavy atom. The number of benzene rings is 1. The molecule has 0 saturated carbocycles. The quantitative estimate of drug-likeness (QED) is 0.831. The van der Waals surface area contributed by atoms with E-state index in [1.165, 1.54) is 14.2 Å². The zero-order chi connectivity index (χ0) is 15.4. The van der Waals surface area contributed by atoms with E-state index in [1.54, 1.807) is 23.1 Å². The van der Waals surface area contributed by atoms with E-state index in [4.69, 9.17) is 32.2 Å². The van der Waals surface area contributed by atoms with Crippen molar-refractivity contribution in [3.8, 4) is 11.5 Å². The maximum absolute atomic E-state index is 12.8. The number of rotatable bonds is 4. The molecule has 1 aromatic carbocycles. The molecule has 1 unspecified atom stereocenters. The van der Waals surface area contributed by atoms with Gasteiger partial charge in [0.2, 0.25) is 0 Å². The minimum Gasteiger partial charge on any atom is -0.496 e. The standard InChI is InChI=1S/C14H18N2O4S/c1-18-9-4-3-5-10(19-2)12(9)14(17)16-6-7-20-11(8-16)13(15)21/h3-5,11H,6-8H2,1-2H3,(H2,15,21). The number of nitrogens with two attached hydrogens (primary N) is 1. The van der Waals surface area contributed by atoms with Gasteiger partial charge in [0.1, 0.15) is 28.2 Å². The van der Waals surface area contributed by atoms with Crippen LogP contribution >= 0.6 is 12.2 Å². The summed E-state index contributed by atoms with van der Waals surface area (Å²) in [5.41, 5.74) is 5.99. The van der Waals surface area contributed by atoms with Gasteiger partial charge in [0.15, 0.2) is 0 Å². The first-order valence-corrected chi connectivity index (χ1v) is 6.90. The van der Waals surface area contributed by atoms with Gasteiger partial charge < -0.3 is 24.8 Å². The summed E-state index contributed by atoms with van der Waals surface area (Å²) in [6.45, 7) is 1.19. The highest BCUT2D eigenvalue weighted by molar-refractivity contribution is 7.80. The summed E-state index contributed by atoms with van der Waals surface area (Å²) in [4.78, 5) is 14.6. The molecule has 6 nitrogen and oxygen atoms in total. The van der Waals surface area contributed by atoms with E-state index in [9.17, 15) is 4.79 Å². The smallest absolute Gasteiger partial charge is 0.261 e. The first kappa shape index (κ1) is 15.5. The summed E-state index contributed by atoms with van der Waals surface area (Å²) in [5.74, 6) is 0.754. The predicted molar refractivity (Wildman–Crippen MR) is 82.0 cm³/mol. The molecule has 114 valence electrons. The first-order valence-electron chi connectivity index (χ1n) is 6.49. The van der Waals surface area contributed by atoms with Crippen LogP contribution < -0.4 is 15.2 Å². The van der Waals surface area contributed by atoms with Gasteiger partial charge in [0.25, 0.3) is 5.91 Å². The van der Waals surface area contributed by atoms with Crippen molar-refractivity contribution in [3.63, 3.8) is 0 Å². The molecule has 1 aliphatic heterocycles. The number of amides is 1. The normalized spacial score (nSPS) is 18.2. The summed E-state index contributed by atoms with van der Waals surface area (Å²) in [6, 6.07) is 5.22. The lowest BCUT2D eigenvalue weighted by atomic mass is 10.1. The van der Waals surface area contributed by atoms with Gasteiger partial charge >= 0.3 is 0 Å². The average molecular weight is 310 g/mol. The summed E-state index contributed by atoms with van der Waals surface area (Å²) >= 11 is 4.93. The van der Waals surface area contributed by atoms with Crippen molar-refractivity contribution in [2.75, 3.05) is 33.9 Å². The Labute approximate surface area is 128 Å². The second kappa shape index (κ2) is 6.73. The highest BCUT2D eigenvalue weighted by Crippen LogP contribution is 2.30. The van der Waals surface area contributed by atoms with Crippen LogP contribution in [0.4, 0.5) is 0 Å². The molecule has 1 aromatic rings. The van der Waals surface area contributed by atoms with Crippen LogP contribution in [0.5, 0.6) is 11.5 Å². The van der Waals surface area contributed by atoms with Crippen LogP contribution in [0.15, 0.2) is 18.2 Å². The fourth-order valence-electron chi connectivity index (χ4n) is 2.23. The second-order valence-electron chi connectivity index (χ2n) is 4.55. The molecule has 1 atom stereocenters. The van der Waals surface area contributed by atoms with Gasteiger partial charge in [-0.2, -0.15) is 0 Å². The first-order chi connectivity index (χ1) is 10.1. The zero-order valence-corrected chi connectivity index (χ0v) is 12.8. The Morgan fingerprint density at radius 2 is 2.00 bits per heavy atom. The molecule has 1 fully saturated rings. The predicted octanol–water partition coefficient (Wildman–Crippen LogP) is 0.831. The third-order valence-corrected chi connectivity index (χ3v) is 3.58. The van der Waals surface area contributed by atoms with E-state index in [-0.39, 0.29) is 10.9 Å². The van der Waals surface area contributed by atoms with Crippen molar-refractivity contribution >= 4 is 23.1 Å². The fourth-order valence-corrected chi connectivity index (χ4v) is 2.37. The SMILES string of the molecule is COc1cccc(OC)c1C(=O)N1CCOC(C(N)=S)C1. The van der Waals surface area contributed by atoms with Gasteiger partial charge in [-0.1, -0.05) is 18.3 Å². The molecule has 2 rings (SSSR count). The Bertz CT molecular complexity index is 528. The molecule has 1 aliphatic rings. The molecule has 21 heavy (non-hydrogen) atoms. The van der Waals surface area contributed by atoms with Crippen LogP contribution in [-0.4, -0.2) is 55.8 Å². The lowest BCUT2D eigenvalue weighted by Crippen LogP contribution is -2.50. The van der Waals surface area contributed by atoms with E-state index < -0.39 is 6.10 Å². The number of hydrogen-bond acceptors (Lipinski definition) is 5. The van der Waals surface area contributed by atoms with Gasteiger partial charge in [0.05, 0.1) is 27.4 Å². The number of carbonyl (C=O) groups is 1. The van der Waals surface area contributed by atoms with Crippen molar-refractivity contribution in [2.45, 2.75) is 6.10 Å². The minimum atomic E-state index is -0.418. The number of carbonyl (C=O) groups excluding carboxylic acids is 1. The van der Waals surface area contributed by atoms with Gasteiger partial charge in [-0.15, -0.1) is 0 Å². The summed E-state index contributed by atoms with van der Waals surface area (Å²) < 4.78 is 16.0. The van der Waals surface area contributed by atoms with Crippen LogP contribution in [-0.2, 0) is 4.74 Å². The lowest BCUT2D eigenvalue weighted by molar-refractivity contribution is 0.00850. The topological polar surface area (TPSA) is 74.0 Å². The molecular formula is C14H18N2O4S. The van der Waals surface area contributed by atoms with E-state index in [0.717, 1.165) is 0 Å². The van der Waals surface area contributed by atoms with Crippen LogP contribution in [0.1, 0.15) is 10.4 Å². The highest BCUT2D eigenvalue weighted by atomic mass is 32.1. The number of ether oxygens (including phenoxy) is 3. The third kappa shape index (κ3) is 3.25. The summed E-state index contributed by atoms with van der Waals surface area (Å²) in [5, 5.41) is 0. The molecule has 0 aliphatic carbocycles. The molecule has 0 aromatic heterocycles. The van der Waals surface area contributed by atoms with Crippen molar-refractivity contribution < 1.29 is 19.0 Å². The van der Waals surface area contributed by atoms with Crippen molar-refractivity contribution in [1.82, 2.24) is 4.90 Å². The highest BCUT2D eigenvalue weighted by Gasteiger charge is 2.29. The monoisotopic (exact) mass is 310 g/mol. The zero-order valence-electron chi connectivity index (χ0n) is 12.0. The van der Waals surface area contributed by atoms with Crippen LogP contribution in [0, 0.1) is 0 Å². The second-order valence-corrected chi connectivity index (χ2v) is 5.02. The molecule has 7 heteroatoms. The molecule has 1 saturated heterocycles. The van der Waals surface area contributed by atoms with Gasteiger partial charge in [-0.25, -0.2) is 0 Å². The van der Waals surface area contributed by atoms with Crippen LogP contribution in [0.2, 0.25) is 0 Å². The Balaban J connectivity index is 2.29. The Morgan fingerprint density at radius 3 is 2.52 bits per heavy atom.